The highest BCUT2D eigenvalue weighted by atomic mass is 16.3. The van der Waals surface area contributed by atoms with Gasteiger partial charge < -0.3 is 24.3 Å². The minimum absolute atomic E-state index is 0.313. The number of carbonyl (C=O) groups excluding carboxylic acids is 4. The van der Waals surface area contributed by atoms with Crippen LogP contribution in [0.15, 0.2) is 0 Å². The van der Waals surface area contributed by atoms with Crippen molar-refractivity contribution >= 4 is 25.1 Å². The zero-order valence-electron chi connectivity index (χ0n) is 6.83. The Labute approximate surface area is 74.7 Å². The molecular weight excluding hydrogens is 176 g/mol. The highest BCUT2D eigenvalue weighted by Gasteiger charge is 2.28. The summed E-state index contributed by atoms with van der Waals surface area (Å²) in [7, 11) is 0. The van der Waals surface area contributed by atoms with Crippen LogP contribution in [-0.2, 0) is 19.2 Å². The maximum Gasteiger partial charge on any atom is 0.130 e. The van der Waals surface area contributed by atoms with Gasteiger partial charge in [-0.05, 0) is 0 Å². The van der Waals surface area contributed by atoms with Gasteiger partial charge in [0.25, 0.3) is 0 Å². The molecule has 0 saturated carbocycles. The Kier molecular flexibility index (Phi) is 5.54. The Morgan fingerprint density at radius 1 is 0.846 bits per heavy atom. The van der Waals surface area contributed by atoms with Crippen molar-refractivity contribution in [2.75, 3.05) is 6.61 Å². The first-order valence-corrected chi connectivity index (χ1v) is 3.67. The summed E-state index contributed by atoms with van der Waals surface area (Å²) in [5, 5.41) is 8.76. The third kappa shape index (κ3) is 2.87. The van der Waals surface area contributed by atoms with Crippen molar-refractivity contribution in [1.29, 1.82) is 0 Å². The predicted octanol–water partition coefficient (Wildman–Crippen LogP) is -1.38. The van der Waals surface area contributed by atoms with Crippen LogP contribution in [0.1, 0.15) is 0 Å². The Morgan fingerprint density at radius 3 is 1.31 bits per heavy atom. The molecule has 0 bridgehead atoms. The number of carbonyl (C=O) groups is 4. The maximum absolute atomic E-state index is 10.3. The standard InChI is InChI=1S/C8H10O5/c9-1-6(2-10)8(5-13)7(3-11)4-12/h1-4,6-8,13H,5H2. The molecule has 5 heteroatoms. The Balaban J connectivity index is 4.61. The van der Waals surface area contributed by atoms with Gasteiger partial charge in [0.2, 0.25) is 0 Å². The van der Waals surface area contributed by atoms with Crippen LogP contribution in [0.5, 0.6) is 0 Å². The van der Waals surface area contributed by atoms with Crippen molar-refractivity contribution in [2.45, 2.75) is 0 Å². The van der Waals surface area contributed by atoms with E-state index in [1.54, 1.807) is 0 Å². The molecule has 0 aliphatic rings. The van der Waals surface area contributed by atoms with Gasteiger partial charge in [0, 0.05) is 12.5 Å². The highest BCUT2D eigenvalue weighted by Crippen LogP contribution is 2.15. The summed E-state index contributed by atoms with van der Waals surface area (Å²) in [5.41, 5.74) is 0. The molecule has 0 atom stereocenters. The SMILES string of the molecule is O=CC(C=O)C(CO)C(C=O)C=O. The quantitative estimate of drug-likeness (QED) is 0.391. The van der Waals surface area contributed by atoms with Gasteiger partial charge in [0.1, 0.15) is 25.1 Å². The second kappa shape index (κ2) is 6.19. The van der Waals surface area contributed by atoms with Crippen molar-refractivity contribution in [3.63, 3.8) is 0 Å². The zero-order valence-corrected chi connectivity index (χ0v) is 6.83. The average Bonchev–Trinajstić information content (AvgIpc) is 2.18. The fraction of sp³-hybridized carbons (Fsp3) is 0.500. The van der Waals surface area contributed by atoms with Crippen LogP contribution in [0, 0.1) is 17.8 Å². The van der Waals surface area contributed by atoms with Crippen LogP contribution >= 0.6 is 0 Å². The summed E-state index contributed by atoms with van der Waals surface area (Å²) in [4.78, 5) is 41.2. The first-order valence-electron chi connectivity index (χ1n) is 3.67. The molecule has 1 N–H and O–H groups in total. The van der Waals surface area contributed by atoms with E-state index in [1.807, 2.05) is 0 Å². The molecule has 0 aromatic heterocycles. The number of hydrogen-bond donors (Lipinski definition) is 1. The molecule has 0 aromatic rings. The molecule has 0 aliphatic heterocycles. The van der Waals surface area contributed by atoms with Crippen molar-refractivity contribution < 1.29 is 24.3 Å². The minimum Gasteiger partial charge on any atom is -0.396 e. The molecule has 0 unspecified atom stereocenters. The van der Waals surface area contributed by atoms with Crippen LogP contribution in [0.25, 0.3) is 0 Å². The van der Waals surface area contributed by atoms with Gasteiger partial charge in [-0.15, -0.1) is 0 Å². The molecule has 0 rings (SSSR count). The molecule has 0 spiro atoms. The van der Waals surface area contributed by atoms with Crippen molar-refractivity contribution in [1.82, 2.24) is 0 Å². The molecule has 0 heterocycles. The largest absolute Gasteiger partial charge is 0.396 e. The van der Waals surface area contributed by atoms with Gasteiger partial charge in [-0.25, -0.2) is 0 Å². The molecule has 72 valence electrons. The van der Waals surface area contributed by atoms with E-state index in [2.05, 4.69) is 0 Å². The van der Waals surface area contributed by atoms with Gasteiger partial charge in [-0.2, -0.15) is 0 Å². The first-order chi connectivity index (χ1) is 6.24. The highest BCUT2D eigenvalue weighted by molar-refractivity contribution is 5.83. The summed E-state index contributed by atoms with van der Waals surface area (Å²) in [6.45, 7) is -0.551. The summed E-state index contributed by atoms with van der Waals surface area (Å²) in [5.74, 6) is -3.15. The number of rotatable bonds is 7. The lowest BCUT2D eigenvalue weighted by Gasteiger charge is -2.17. The van der Waals surface area contributed by atoms with Crippen LogP contribution in [-0.4, -0.2) is 36.9 Å². The average molecular weight is 186 g/mol. The fourth-order valence-electron chi connectivity index (χ4n) is 0.968. The summed E-state index contributed by atoms with van der Waals surface area (Å²) in [6, 6.07) is 0. The van der Waals surface area contributed by atoms with Crippen molar-refractivity contribution in [3.8, 4) is 0 Å². The van der Waals surface area contributed by atoms with Crippen LogP contribution < -0.4 is 0 Å². The molecule has 5 nitrogen and oxygen atoms in total. The van der Waals surface area contributed by atoms with Crippen LogP contribution in [0.4, 0.5) is 0 Å². The van der Waals surface area contributed by atoms with Crippen molar-refractivity contribution in [3.05, 3.63) is 0 Å². The lowest BCUT2D eigenvalue weighted by atomic mass is 9.85. The number of aliphatic hydroxyl groups is 1. The second-order valence-electron chi connectivity index (χ2n) is 2.55. The Bertz CT molecular complexity index is 165. The van der Waals surface area contributed by atoms with E-state index in [0.29, 0.717) is 25.1 Å². The minimum atomic E-state index is -1.11. The molecule has 0 fully saturated rings. The lowest BCUT2D eigenvalue weighted by Crippen LogP contribution is -2.30. The Morgan fingerprint density at radius 2 is 1.15 bits per heavy atom. The summed E-state index contributed by atoms with van der Waals surface area (Å²) in [6.07, 6.45) is 1.25. The maximum atomic E-state index is 10.3. The fourth-order valence-corrected chi connectivity index (χ4v) is 0.968. The molecule has 0 saturated heterocycles. The van der Waals surface area contributed by atoms with E-state index in [1.165, 1.54) is 0 Å². The van der Waals surface area contributed by atoms with Gasteiger partial charge >= 0.3 is 0 Å². The monoisotopic (exact) mass is 186 g/mol. The summed E-state index contributed by atoms with van der Waals surface area (Å²) >= 11 is 0. The molecule has 13 heavy (non-hydrogen) atoms. The van der Waals surface area contributed by atoms with E-state index in [9.17, 15) is 19.2 Å². The molecule has 0 aromatic carbocycles. The molecule has 0 aliphatic carbocycles. The Hall–Kier alpha value is -1.36. The first kappa shape index (κ1) is 11.6. The number of aldehydes is 4. The lowest BCUT2D eigenvalue weighted by molar-refractivity contribution is -0.127. The number of hydrogen-bond acceptors (Lipinski definition) is 5. The van der Waals surface area contributed by atoms with Gasteiger partial charge in [-0.3, -0.25) is 0 Å². The van der Waals surface area contributed by atoms with Gasteiger partial charge in [-0.1, -0.05) is 0 Å². The zero-order chi connectivity index (χ0) is 10.3. The van der Waals surface area contributed by atoms with Crippen LogP contribution in [0.3, 0.4) is 0 Å². The third-order valence-corrected chi connectivity index (χ3v) is 1.83. The smallest absolute Gasteiger partial charge is 0.130 e. The summed E-state index contributed by atoms with van der Waals surface area (Å²) < 4.78 is 0. The topological polar surface area (TPSA) is 88.5 Å². The van der Waals surface area contributed by atoms with Gasteiger partial charge in [0.15, 0.2) is 0 Å². The molecule has 0 amide bonds. The number of aliphatic hydroxyl groups excluding tert-OH is 1. The van der Waals surface area contributed by atoms with Gasteiger partial charge in [0.05, 0.1) is 11.8 Å². The third-order valence-electron chi connectivity index (χ3n) is 1.83. The van der Waals surface area contributed by atoms with Crippen LogP contribution in [0.2, 0.25) is 0 Å². The molecular formula is C8H10O5. The van der Waals surface area contributed by atoms with E-state index in [4.69, 9.17) is 5.11 Å². The van der Waals surface area contributed by atoms with E-state index < -0.39 is 24.4 Å². The van der Waals surface area contributed by atoms with E-state index >= 15 is 0 Å². The van der Waals surface area contributed by atoms with Crippen molar-refractivity contribution in [2.24, 2.45) is 17.8 Å². The predicted molar refractivity (Wildman–Crippen MR) is 41.8 cm³/mol. The second-order valence-corrected chi connectivity index (χ2v) is 2.55. The van der Waals surface area contributed by atoms with E-state index in [-0.39, 0.29) is 0 Å². The van der Waals surface area contributed by atoms with E-state index in [0.717, 1.165) is 0 Å². The normalized spacial score (nSPS) is 10.5. The molecule has 0 radical (unpaired) electrons.